The molecule has 1 nitrogen and oxygen atoms in total. The molecule has 0 amide bonds. The summed E-state index contributed by atoms with van der Waals surface area (Å²) in [6.45, 7) is 8.85. The van der Waals surface area contributed by atoms with Gasteiger partial charge in [-0.25, -0.2) is 4.39 Å². The van der Waals surface area contributed by atoms with Crippen LogP contribution >= 0.6 is 0 Å². The summed E-state index contributed by atoms with van der Waals surface area (Å²) in [6, 6.07) is 9.80. The number of rotatable bonds is 2. The zero-order valence-corrected chi connectivity index (χ0v) is 12.6. The Bertz CT molecular complexity index is 716. The van der Waals surface area contributed by atoms with E-state index in [0.29, 0.717) is 6.54 Å². The molecule has 0 bridgehead atoms. The number of anilines is 1. The van der Waals surface area contributed by atoms with Gasteiger partial charge < -0.3 is 5.32 Å². The monoisotopic (exact) mass is 281 g/mol. The fraction of sp³-hybridized carbons (Fsp3) is 0.263. The van der Waals surface area contributed by atoms with E-state index in [9.17, 15) is 4.39 Å². The molecule has 0 aliphatic carbocycles. The van der Waals surface area contributed by atoms with E-state index in [1.807, 2.05) is 6.07 Å². The van der Waals surface area contributed by atoms with Crippen molar-refractivity contribution >= 4 is 11.3 Å². The molecule has 0 unspecified atom stereocenters. The van der Waals surface area contributed by atoms with Crippen molar-refractivity contribution in [2.75, 3.05) is 5.32 Å². The molecule has 0 spiro atoms. The zero-order valence-electron chi connectivity index (χ0n) is 12.6. The number of hydrogen-bond acceptors (Lipinski definition) is 1. The van der Waals surface area contributed by atoms with Crippen LogP contribution in [0.5, 0.6) is 0 Å². The van der Waals surface area contributed by atoms with Gasteiger partial charge in [0, 0.05) is 24.2 Å². The van der Waals surface area contributed by atoms with Crippen molar-refractivity contribution < 1.29 is 4.39 Å². The Hall–Kier alpha value is -2.09. The summed E-state index contributed by atoms with van der Waals surface area (Å²) in [5.41, 5.74) is 7.59. The molecule has 3 rings (SSSR count). The second-order valence-corrected chi connectivity index (χ2v) is 5.70. The third-order valence-electron chi connectivity index (χ3n) is 4.27. The lowest BCUT2D eigenvalue weighted by Gasteiger charge is -2.14. The van der Waals surface area contributed by atoms with E-state index in [0.717, 1.165) is 40.8 Å². The maximum Gasteiger partial charge on any atom is 0.128 e. The first-order valence-corrected chi connectivity index (χ1v) is 7.42. The fourth-order valence-corrected chi connectivity index (χ4v) is 2.99. The van der Waals surface area contributed by atoms with Crippen molar-refractivity contribution in [3.8, 4) is 0 Å². The first-order chi connectivity index (χ1) is 10.1. The molecule has 1 aliphatic rings. The highest BCUT2D eigenvalue weighted by Crippen LogP contribution is 2.33. The van der Waals surface area contributed by atoms with Crippen LogP contribution in [0.4, 0.5) is 10.1 Å². The van der Waals surface area contributed by atoms with Crippen LogP contribution in [-0.4, -0.2) is 0 Å². The van der Waals surface area contributed by atoms with Crippen LogP contribution < -0.4 is 5.32 Å². The van der Waals surface area contributed by atoms with Gasteiger partial charge in [0.25, 0.3) is 0 Å². The van der Waals surface area contributed by atoms with E-state index in [4.69, 9.17) is 0 Å². The quantitative estimate of drug-likeness (QED) is 0.810. The van der Waals surface area contributed by atoms with Crippen LogP contribution in [0.3, 0.4) is 0 Å². The molecule has 1 aliphatic heterocycles. The predicted molar refractivity (Wildman–Crippen MR) is 87.0 cm³/mol. The Kier molecular flexibility index (Phi) is 3.54. The van der Waals surface area contributed by atoms with E-state index >= 15 is 0 Å². The van der Waals surface area contributed by atoms with Crippen molar-refractivity contribution in [2.45, 2.75) is 33.2 Å². The lowest BCUT2D eigenvalue weighted by Crippen LogP contribution is -2.04. The van der Waals surface area contributed by atoms with Gasteiger partial charge in [-0.3, -0.25) is 0 Å². The molecule has 21 heavy (non-hydrogen) atoms. The third kappa shape index (κ3) is 2.46. The number of aryl methyl sites for hydroxylation is 1. The summed E-state index contributed by atoms with van der Waals surface area (Å²) < 4.78 is 14.2. The van der Waals surface area contributed by atoms with Crippen LogP contribution in [0.2, 0.25) is 0 Å². The molecule has 0 atom stereocenters. The number of fused-ring (bicyclic) bond motifs is 2. The second-order valence-electron chi connectivity index (χ2n) is 5.70. The average Bonchev–Trinajstić information content (AvgIpc) is 2.66. The van der Waals surface area contributed by atoms with Gasteiger partial charge in [-0.1, -0.05) is 37.3 Å². The molecule has 2 heteroatoms. The molecule has 1 N–H and O–H groups in total. The molecule has 0 fully saturated rings. The molecule has 1 heterocycles. The van der Waals surface area contributed by atoms with Gasteiger partial charge in [0.2, 0.25) is 0 Å². The maximum absolute atomic E-state index is 14.2. The number of benzene rings is 2. The van der Waals surface area contributed by atoms with Gasteiger partial charge in [-0.05, 0) is 47.7 Å². The van der Waals surface area contributed by atoms with E-state index in [-0.39, 0.29) is 5.82 Å². The molecule has 2 aromatic carbocycles. The van der Waals surface area contributed by atoms with E-state index in [1.54, 1.807) is 6.07 Å². The minimum Gasteiger partial charge on any atom is -0.381 e. The van der Waals surface area contributed by atoms with Crippen molar-refractivity contribution in [2.24, 2.45) is 0 Å². The van der Waals surface area contributed by atoms with Crippen molar-refractivity contribution in [3.63, 3.8) is 0 Å². The SMILES string of the molecule is C=C(CC)c1ccc(F)c2c1Cc1cc(C)ccc1NC2. The van der Waals surface area contributed by atoms with Crippen LogP contribution in [0, 0.1) is 12.7 Å². The van der Waals surface area contributed by atoms with E-state index in [1.165, 1.54) is 11.1 Å². The molecular weight excluding hydrogens is 261 g/mol. The Morgan fingerprint density at radius 1 is 1.24 bits per heavy atom. The number of halogens is 1. The summed E-state index contributed by atoms with van der Waals surface area (Å²) in [7, 11) is 0. The van der Waals surface area contributed by atoms with Gasteiger partial charge >= 0.3 is 0 Å². The zero-order chi connectivity index (χ0) is 15.0. The summed E-state index contributed by atoms with van der Waals surface area (Å²) in [6.07, 6.45) is 1.64. The minimum absolute atomic E-state index is 0.130. The van der Waals surface area contributed by atoms with Crippen LogP contribution in [0.1, 0.15) is 41.2 Å². The minimum atomic E-state index is -0.130. The summed E-state index contributed by atoms with van der Waals surface area (Å²) in [5.74, 6) is -0.130. The Labute approximate surface area is 125 Å². The largest absolute Gasteiger partial charge is 0.381 e. The lowest BCUT2D eigenvalue weighted by atomic mass is 9.90. The number of nitrogens with one attached hydrogen (secondary N) is 1. The maximum atomic E-state index is 14.2. The first kappa shape index (κ1) is 13.9. The highest BCUT2D eigenvalue weighted by atomic mass is 19.1. The highest BCUT2D eigenvalue weighted by Gasteiger charge is 2.19. The fourth-order valence-electron chi connectivity index (χ4n) is 2.99. The highest BCUT2D eigenvalue weighted by molar-refractivity contribution is 5.70. The second kappa shape index (κ2) is 5.36. The molecule has 0 saturated carbocycles. The Balaban J connectivity index is 2.17. The summed E-state index contributed by atoms with van der Waals surface area (Å²) >= 11 is 0. The van der Waals surface area contributed by atoms with Crippen molar-refractivity contribution in [1.29, 1.82) is 0 Å². The van der Waals surface area contributed by atoms with Crippen LogP contribution in [0.15, 0.2) is 36.9 Å². The Morgan fingerprint density at radius 2 is 2.05 bits per heavy atom. The molecule has 2 aromatic rings. The molecule has 0 saturated heterocycles. The standard InChI is InChI=1S/C19H20FN/c1-4-13(3)15-6-7-18(20)17-11-21-19-8-5-12(2)9-14(19)10-16(15)17/h5-9,21H,3-4,10-11H2,1-2H3. The average molecular weight is 281 g/mol. The molecular formula is C19H20FN. The van der Waals surface area contributed by atoms with Gasteiger partial charge in [-0.2, -0.15) is 0 Å². The van der Waals surface area contributed by atoms with E-state index in [2.05, 4.69) is 43.9 Å². The predicted octanol–water partition coefficient (Wildman–Crippen LogP) is 5.07. The van der Waals surface area contributed by atoms with Crippen LogP contribution in [-0.2, 0) is 13.0 Å². The molecule has 0 radical (unpaired) electrons. The third-order valence-corrected chi connectivity index (χ3v) is 4.27. The van der Waals surface area contributed by atoms with E-state index < -0.39 is 0 Å². The molecule has 0 aromatic heterocycles. The summed E-state index contributed by atoms with van der Waals surface area (Å²) in [4.78, 5) is 0. The van der Waals surface area contributed by atoms with Crippen molar-refractivity contribution in [1.82, 2.24) is 0 Å². The number of allylic oxidation sites excluding steroid dienone is 1. The Morgan fingerprint density at radius 3 is 2.81 bits per heavy atom. The first-order valence-electron chi connectivity index (χ1n) is 7.42. The number of hydrogen-bond donors (Lipinski definition) is 1. The van der Waals surface area contributed by atoms with Crippen molar-refractivity contribution in [3.05, 3.63) is 70.5 Å². The topological polar surface area (TPSA) is 12.0 Å². The van der Waals surface area contributed by atoms with Gasteiger partial charge in [0.1, 0.15) is 5.82 Å². The lowest BCUT2D eigenvalue weighted by molar-refractivity contribution is 0.610. The van der Waals surface area contributed by atoms with Gasteiger partial charge in [0.15, 0.2) is 0 Å². The van der Waals surface area contributed by atoms with Crippen LogP contribution in [0.25, 0.3) is 5.57 Å². The van der Waals surface area contributed by atoms with Gasteiger partial charge in [-0.15, -0.1) is 0 Å². The van der Waals surface area contributed by atoms with Gasteiger partial charge in [0.05, 0.1) is 0 Å². The summed E-state index contributed by atoms with van der Waals surface area (Å²) in [5, 5.41) is 3.36. The molecule has 108 valence electrons. The smallest absolute Gasteiger partial charge is 0.128 e. The normalized spacial score (nSPS) is 12.9.